The van der Waals surface area contributed by atoms with Crippen LogP contribution in [-0.4, -0.2) is 0 Å². The second-order valence-corrected chi connectivity index (χ2v) is 8.51. The highest BCUT2D eigenvalue weighted by Crippen LogP contribution is 2.59. The summed E-state index contributed by atoms with van der Waals surface area (Å²) in [5.74, 6) is -0.188. The van der Waals surface area contributed by atoms with Crippen molar-refractivity contribution in [3.8, 4) is 35.4 Å². The molecule has 31 heavy (non-hydrogen) atoms. The zero-order chi connectivity index (χ0) is 22.4. The number of hydrogen-bond acceptors (Lipinski definition) is 5. The van der Waals surface area contributed by atoms with Gasteiger partial charge in [-0.3, -0.25) is 0 Å². The first-order valence-corrected chi connectivity index (χ1v) is 10.1. The van der Waals surface area contributed by atoms with Crippen molar-refractivity contribution < 1.29 is 4.42 Å². The summed E-state index contributed by atoms with van der Waals surface area (Å²) in [7, 11) is 0. The van der Waals surface area contributed by atoms with Crippen LogP contribution in [0.25, 0.3) is 11.1 Å². The van der Waals surface area contributed by atoms with Crippen molar-refractivity contribution in [1.29, 1.82) is 21.0 Å². The van der Waals surface area contributed by atoms with E-state index in [1.807, 2.05) is 25.1 Å². The van der Waals surface area contributed by atoms with Crippen LogP contribution in [0, 0.1) is 63.1 Å². The molecular formula is C26H20N4O. The number of aryl methyl sites for hydroxylation is 1. The van der Waals surface area contributed by atoms with E-state index in [4.69, 9.17) is 4.42 Å². The maximum absolute atomic E-state index is 10.3. The first-order chi connectivity index (χ1) is 14.9. The maximum Gasteiger partial charge on any atom is 0.189 e. The lowest BCUT2D eigenvalue weighted by Crippen LogP contribution is -2.43. The second kappa shape index (κ2) is 7.02. The van der Waals surface area contributed by atoms with Crippen molar-refractivity contribution in [3.63, 3.8) is 0 Å². The largest absolute Gasteiger partial charge is 0.469 e. The van der Waals surface area contributed by atoms with Crippen molar-refractivity contribution >= 4 is 0 Å². The van der Waals surface area contributed by atoms with Crippen molar-refractivity contribution in [2.45, 2.75) is 39.0 Å². The third kappa shape index (κ3) is 2.58. The fourth-order valence-electron chi connectivity index (χ4n) is 4.86. The zero-order valence-electron chi connectivity index (χ0n) is 17.6. The monoisotopic (exact) mass is 404 g/mol. The lowest BCUT2D eigenvalue weighted by Gasteiger charge is -2.34. The Bertz CT molecular complexity index is 1280. The summed E-state index contributed by atoms with van der Waals surface area (Å²) in [4.78, 5) is 0. The van der Waals surface area contributed by atoms with Gasteiger partial charge in [-0.15, -0.1) is 0 Å². The van der Waals surface area contributed by atoms with E-state index in [9.17, 15) is 21.0 Å². The van der Waals surface area contributed by atoms with Crippen LogP contribution in [0.3, 0.4) is 0 Å². The van der Waals surface area contributed by atoms with E-state index >= 15 is 0 Å². The van der Waals surface area contributed by atoms with Gasteiger partial charge in [0.05, 0.1) is 36.5 Å². The predicted octanol–water partition coefficient (Wildman–Crippen LogP) is 5.57. The molecule has 1 atom stereocenters. The molecule has 0 bridgehead atoms. The Morgan fingerprint density at radius 2 is 1.71 bits per heavy atom. The van der Waals surface area contributed by atoms with Gasteiger partial charge in [-0.25, -0.2) is 0 Å². The van der Waals surface area contributed by atoms with Crippen LogP contribution >= 0.6 is 0 Å². The fraction of sp³-hybridized carbons (Fsp3) is 0.308. The molecule has 5 heteroatoms. The predicted molar refractivity (Wildman–Crippen MR) is 113 cm³/mol. The molecule has 0 aromatic carbocycles. The van der Waals surface area contributed by atoms with Crippen LogP contribution < -0.4 is 0 Å². The van der Waals surface area contributed by atoms with Gasteiger partial charge in [-0.05, 0) is 58.4 Å². The van der Waals surface area contributed by atoms with E-state index in [2.05, 4.69) is 44.2 Å². The molecule has 1 heterocycles. The molecule has 0 amide bonds. The first kappa shape index (κ1) is 20.2. The van der Waals surface area contributed by atoms with E-state index in [1.54, 1.807) is 12.1 Å². The topological polar surface area (TPSA) is 108 Å². The minimum absolute atomic E-state index is 0.0164. The Morgan fingerprint density at radius 1 is 1.00 bits per heavy atom. The quantitative estimate of drug-likeness (QED) is 0.554. The SMILES string of the molecule is Cc1cc2c3c(ccc(C(C)C)cc1-3)CC(C#N)(C#N)C(C#N)(C#N)C2c1ccco1. The van der Waals surface area contributed by atoms with Crippen LogP contribution in [-0.2, 0) is 6.42 Å². The molecule has 0 N–H and O–H groups in total. The minimum Gasteiger partial charge on any atom is -0.469 e. The zero-order valence-corrected chi connectivity index (χ0v) is 17.6. The molecule has 1 aromatic heterocycles. The highest BCUT2D eigenvalue weighted by atomic mass is 16.3. The van der Waals surface area contributed by atoms with E-state index < -0.39 is 16.7 Å². The second-order valence-electron chi connectivity index (χ2n) is 8.51. The van der Waals surface area contributed by atoms with Crippen LogP contribution in [0.5, 0.6) is 0 Å². The number of rotatable bonds is 2. The average molecular weight is 404 g/mol. The molecule has 0 fully saturated rings. The molecule has 4 rings (SSSR count). The third-order valence-corrected chi connectivity index (χ3v) is 6.57. The highest BCUT2D eigenvalue weighted by Gasteiger charge is 2.63. The van der Waals surface area contributed by atoms with E-state index in [-0.39, 0.29) is 6.42 Å². The molecule has 0 saturated heterocycles. The molecule has 3 aliphatic rings. The number of nitrogens with zero attached hydrogens (tertiary/aromatic N) is 4. The lowest BCUT2D eigenvalue weighted by molar-refractivity contribution is 0.249. The Hall–Kier alpha value is -4.06. The summed E-state index contributed by atoms with van der Waals surface area (Å²) in [6.07, 6.45) is 1.47. The van der Waals surface area contributed by atoms with Crippen molar-refractivity contribution in [3.05, 3.63) is 70.7 Å². The molecule has 0 radical (unpaired) electrons. The summed E-state index contributed by atoms with van der Waals surface area (Å²) in [5, 5.41) is 41.1. The highest BCUT2D eigenvalue weighted by molar-refractivity contribution is 5.81. The van der Waals surface area contributed by atoms with Gasteiger partial charge in [-0.1, -0.05) is 38.1 Å². The molecular weight excluding hydrogens is 384 g/mol. The van der Waals surface area contributed by atoms with Gasteiger partial charge in [0, 0.05) is 6.42 Å². The standard InChI is InChI=1S/C26H20N4O/c1-16(2)18-6-7-19-11-25(12-27,13-28)26(14-29,15-30)24(22-5-4-8-31-22)21-9-17(3)20(10-18)23(19)21/h4-10,16,24H,11H2,1-3H3. The van der Waals surface area contributed by atoms with Crippen LogP contribution in [0.2, 0.25) is 0 Å². The molecule has 1 aromatic rings. The molecule has 3 aliphatic carbocycles. The van der Waals surface area contributed by atoms with E-state index in [0.717, 1.165) is 33.4 Å². The summed E-state index contributed by atoms with van der Waals surface area (Å²) in [5.41, 5.74) is 1.79. The minimum atomic E-state index is -1.94. The van der Waals surface area contributed by atoms with Gasteiger partial charge in [0.2, 0.25) is 0 Å². The molecule has 5 nitrogen and oxygen atoms in total. The smallest absolute Gasteiger partial charge is 0.189 e. The Labute approximate surface area is 181 Å². The van der Waals surface area contributed by atoms with Gasteiger partial charge in [-0.2, -0.15) is 21.0 Å². The molecule has 1 unspecified atom stereocenters. The number of furan rings is 1. The summed E-state index contributed by atoms with van der Waals surface area (Å²) in [6, 6.07) is 19.8. The fourth-order valence-corrected chi connectivity index (χ4v) is 4.86. The molecule has 0 spiro atoms. The molecule has 150 valence electrons. The summed E-state index contributed by atoms with van der Waals surface area (Å²) >= 11 is 0. The van der Waals surface area contributed by atoms with Crippen LogP contribution in [0.1, 0.15) is 53.7 Å². The van der Waals surface area contributed by atoms with Gasteiger partial charge in [0.1, 0.15) is 5.76 Å². The third-order valence-electron chi connectivity index (χ3n) is 6.57. The Morgan fingerprint density at radius 3 is 2.26 bits per heavy atom. The summed E-state index contributed by atoms with van der Waals surface area (Å²) < 4.78 is 5.69. The van der Waals surface area contributed by atoms with Crippen molar-refractivity contribution in [2.24, 2.45) is 10.8 Å². The van der Waals surface area contributed by atoms with Crippen LogP contribution in [0.4, 0.5) is 0 Å². The van der Waals surface area contributed by atoms with E-state index in [1.165, 1.54) is 6.26 Å². The Balaban J connectivity index is 2.20. The van der Waals surface area contributed by atoms with Crippen molar-refractivity contribution in [1.82, 2.24) is 0 Å². The van der Waals surface area contributed by atoms with Crippen molar-refractivity contribution in [2.75, 3.05) is 0 Å². The van der Waals surface area contributed by atoms with E-state index in [0.29, 0.717) is 11.7 Å². The Kier molecular flexibility index (Phi) is 4.58. The van der Waals surface area contributed by atoms with Gasteiger partial charge in [0.15, 0.2) is 10.8 Å². The summed E-state index contributed by atoms with van der Waals surface area (Å²) in [6.45, 7) is 6.23. The van der Waals surface area contributed by atoms with Crippen LogP contribution in [0.15, 0.2) is 47.1 Å². The van der Waals surface area contributed by atoms with Gasteiger partial charge in [0.25, 0.3) is 0 Å². The maximum atomic E-state index is 10.3. The number of hydrogen-bond donors (Lipinski definition) is 0. The lowest BCUT2D eigenvalue weighted by atomic mass is 9.57. The molecule has 0 saturated carbocycles. The first-order valence-electron chi connectivity index (χ1n) is 10.1. The molecule has 0 aliphatic heterocycles. The van der Waals surface area contributed by atoms with Gasteiger partial charge >= 0.3 is 0 Å². The normalized spacial score (nSPS) is 18.4. The van der Waals surface area contributed by atoms with Gasteiger partial charge < -0.3 is 4.42 Å². The number of nitriles is 4. The average Bonchev–Trinajstić information content (AvgIpc) is 3.32.